The van der Waals surface area contributed by atoms with Gasteiger partial charge in [-0.1, -0.05) is 76.4 Å². The van der Waals surface area contributed by atoms with Crippen molar-refractivity contribution < 1.29 is 33.5 Å². The van der Waals surface area contributed by atoms with E-state index in [0.717, 1.165) is 170 Å². The van der Waals surface area contributed by atoms with Gasteiger partial charge in [0.25, 0.3) is 0 Å². The van der Waals surface area contributed by atoms with E-state index in [4.69, 9.17) is 9.84 Å². The first kappa shape index (κ1) is 94.4. The van der Waals surface area contributed by atoms with E-state index in [9.17, 15) is 28.8 Å². The number of hydrogen-bond acceptors (Lipinski definition) is 18. The van der Waals surface area contributed by atoms with E-state index in [2.05, 4.69) is 214 Å². The lowest BCUT2D eigenvalue weighted by Crippen LogP contribution is -2.49. The van der Waals surface area contributed by atoms with Crippen molar-refractivity contribution in [3.8, 4) is 5.75 Å². The van der Waals surface area contributed by atoms with Crippen LogP contribution in [0.15, 0.2) is 116 Å². The smallest absolute Gasteiger partial charge is 0.224 e. The first-order valence-electron chi connectivity index (χ1n) is 47.9. The summed E-state index contributed by atoms with van der Waals surface area (Å²) in [5.74, 6) is 11.7. The molecule has 5 amide bonds. The summed E-state index contributed by atoms with van der Waals surface area (Å²) in [6.45, 7) is 45.6. The fraction of sp³-hybridized carbons (Fsp3) is 0.590. The summed E-state index contributed by atoms with van der Waals surface area (Å²) in [7, 11) is 2.03. The number of rotatable bonds is 19. The lowest BCUT2D eigenvalue weighted by molar-refractivity contribution is -0.125. The predicted molar refractivity (Wildman–Crippen MR) is 513 cm³/mol. The molecule has 8 unspecified atom stereocenters. The number of aryl methyl sites for hydroxylation is 6. The van der Waals surface area contributed by atoms with Crippen LogP contribution in [0.2, 0.25) is 0 Å². The van der Waals surface area contributed by atoms with Crippen LogP contribution in [0.25, 0.3) is 21.9 Å². The average Bonchev–Trinajstić information content (AvgIpc) is 1.61. The van der Waals surface area contributed by atoms with E-state index < -0.39 is 5.54 Å². The zero-order valence-electron chi connectivity index (χ0n) is 78.7. The second-order valence-electron chi connectivity index (χ2n) is 42.9. The Kier molecular flexibility index (Phi) is 26.6. The molecule has 26 nitrogen and oxygen atoms in total. The summed E-state index contributed by atoms with van der Waals surface area (Å²) in [6.07, 6.45) is 13.3. The fourth-order valence-electron chi connectivity index (χ4n) is 24.0. The summed E-state index contributed by atoms with van der Waals surface area (Å²) in [6, 6.07) is 30.8. The quantitative estimate of drug-likeness (QED) is 0.0358. The van der Waals surface area contributed by atoms with Crippen molar-refractivity contribution in [2.75, 3.05) is 85.1 Å². The molecule has 7 aliphatic carbocycles. The van der Waals surface area contributed by atoms with E-state index in [-0.39, 0.29) is 108 Å². The Morgan fingerprint density at radius 3 is 1.53 bits per heavy atom. The molecule has 11 N–H and O–H groups in total. The Morgan fingerprint density at radius 2 is 0.992 bits per heavy atom. The molecule has 0 spiro atoms. The minimum absolute atomic E-state index is 0. The molecular weight excluding hydrogens is 1640 g/mol. The number of nitrogens with zero attached hydrogens (tertiary/aromatic N) is 8. The lowest BCUT2D eigenvalue weighted by atomic mass is 9.83. The molecule has 2 aromatic carbocycles. The molecule has 9 aromatic rings. The Morgan fingerprint density at radius 1 is 0.504 bits per heavy atom. The Balaban J connectivity index is 0.000000115. The number of ether oxygens (including phenoxy) is 1. The molecule has 7 aliphatic heterocycles. The molecule has 14 aliphatic rings. The second kappa shape index (κ2) is 36.9. The molecule has 20 atom stereocenters. The normalized spacial score (nSPS) is 28.3. The molecule has 23 rings (SSSR count). The maximum Gasteiger partial charge on any atom is 0.224 e. The zero-order chi connectivity index (χ0) is 90.8. The topological polar surface area (TPSA) is 322 Å². The third-order valence-corrected chi connectivity index (χ3v) is 31.7. The Labute approximate surface area is 774 Å². The van der Waals surface area contributed by atoms with Gasteiger partial charge in [0.2, 0.25) is 29.5 Å². The third kappa shape index (κ3) is 19.1. The predicted octanol–water partition coefficient (Wildman–Crippen LogP) is 11.4. The number of pyridine rings is 3. The van der Waals surface area contributed by atoms with Gasteiger partial charge in [0, 0.05) is 124 Å². The summed E-state index contributed by atoms with van der Waals surface area (Å²) in [5, 5.41) is 46.5. The van der Waals surface area contributed by atoms with Gasteiger partial charge < -0.3 is 67.6 Å². The maximum atomic E-state index is 12.6. The third-order valence-electron chi connectivity index (χ3n) is 31.7. The van der Waals surface area contributed by atoms with E-state index in [0.29, 0.717) is 95.7 Å². The van der Waals surface area contributed by atoms with Gasteiger partial charge in [-0.15, -0.1) is 0 Å². The molecule has 702 valence electrons. The number of hydrogen-bond donors (Lipinski definition) is 11. The Bertz CT molecular complexity index is 5720. The number of para-hydroxylation sites is 2. The number of amides is 5. The number of fused-ring (bicyclic) bond motifs is 11. The van der Waals surface area contributed by atoms with E-state index >= 15 is 0 Å². The molecule has 131 heavy (non-hydrogen) atoms. The van der Waals surface area contributed by atoms with Gasteiger partial charge in [0.1, 0.15) is 17.4 Å². The van der Waals surface area contributed by atoms with Crippen LogP contribution in [0.3, 0.4) is 0 Å². The van der Waals surface area contributed by atoms with Crippen LogP contribution in [0.4, 0.5) is 0 Å². The molecule has 6 saturated heterocycles. The first-order chi connectivity index (χ1) is 61.6. The van der Waals surface area contributed by atoms with Crippen molar-refractivity contribution in [1.82, 2.24) is 97.2 Å². The van der Waals surface area contributed by atoms with E-state index in [1.165, 1.54) is 35.2 Å². The summed E-state index contributed by atoms with van der Waals surface area (Å²) in [4.78, 5) is 89.0. The summed E-state index contributed by atoms with van der Waals surface area (Å²) < 4.78 is 11.8. The van der Waals surface area contributed by atoms with Crippen LogP contribution >= 0.6 is 0 Å². The highest BCUT2D eigenvalue weighted by atomic mass is 16.5. The van der Waals surface area contributed by atoms with Crippen LogP contribution in [-0.4, -0.2) is 165 Å². The van der Waals surface area contributed by atoms with Crippen LogP contribution in [0, 0.1) is 141 Å². The van der Waals surface area contributed by atoms with Crippen LogP contribution in [0.1, 0.15) is 195 Å². The molecule has 0 radical (unpaired) electrons. The van der Waals surface area contributed by atoms with Crippen molar-refractivity contribution in [1.29, 1.82) is 0 Å². The number of aromatic nitrogens is 8. The van der Waals surface area contributed by atoms with Gasteiger partial charge in [-0.2, -0.15) is 10.2 Å². The lowest BCUT2D eigenvalue weighted by Gasteiger charge is -2.32. The standard InChI is InChI=1S/C19H23N3O.C18H23N3O.C17H26N4O.C17H22N2O2.C16H20N4O.C16H23N3O.2CH4/c1-10-5-4-6-13-18(10)21-12(3)22-19(13)11(2)7-16(23)17-14-8-20-9-15(14)17;1-11-4-5-13-6-12(10-21(13)9-11)18(2,3)20-17(22)16-14-7-19-8-15(14)16;1-17(2,19-16(22)14-11-8-18-9-12(11)14)15-10-6-4-5-7-13(10)21(3)20-15;1-17(2,13-9-21-14-6-4-3-5-10(13)14)19-16(20)15-11-7-18-8-12(11)15;1-16(2,12-9-18-20-6-4-3-5-13(12)20)19-15(21)14-10-7-17-8-11(10)14;1-9-5-6-13(10(2)18-9)16(3,4)19-15(20)14-11-7-17-8-12(11)14;;/h4-6,11,14-15,17,20H,7-9H2,1-3H3;4-6,9-10,14-16,19H,7-8H2,1-3H3,(H,20,22);11-12,14,18H,4-9H2,1-3H3,(H,19,22);3-6,11-13,15,18H,7-9H2,1-2H3,(H,19,20);3-6,9-11,14,17H,7-8H2,1-2H3,(H,19,21);5-6,11-12,14,17H,7-8H2,1-4H3,(H,19,20);2*1H4/t11?,14-,15+,17?;14-,15+,16?;11-,12+,14?;11-,12+,13?,15?;10-,11+,14?;11-,12+,14?;;. The van der Waals surface area contributed by atoms with Crippen LogP contribution in [0.5, 0.6) is 5.75 Å². The first-order valence-corrected chi connectivity index (χ1v) is 47.9. The molecular formula is C105H145N19O7. The van der Waals surface area contributed by atoms with Crippen molar-refractivity contribution in [3.63, 3.8) is 0 Å². The number of ketones is 1. The Hall–Kier alpha value is -9.83. The molecule has 0 bridgehead atoms. The highest BCUT2D eigenvalue weighted by Crippen LogP contribution is 2.55. The van der Waals surface area contributed by atoms with Crippen LogP contribution in [-0.2, 0) is 70.8 Å². The van der Waals surface area contributed by atoms with Crippen molar-refractivity contribution in [2.45, 2.75) is 197 Å². The zero-order valence-corrected chi connectivity index (χ0v) is 78.7. The van der Waals surface area contributed by atoms with Gasteiger partial charge in [0.15, 0.2) is 0 Å². The van der Waals surface area contributed by atoms with E-state index in [1.54, 1.807) is 0 Å². The second-order valence-corrected chi connectivity index (χ2v) is 42.9. The highest BCUT2D eigenvalue weighted by Gasteiger charge is 2.62. The van der Waals surface area contributed by atoms with Gasteiger partial charge in [-0.3, -0.25) is 38.4 Å². The monoisotopic (exact) mass is 1780 g/mol. The molecule has 14 heterocycles. The molecule has 7 aromatic heterocycles. The number of carbonyl (C=O) groups excluding carboxylic acids is 6. The van der Waals surface area contributed by atoms with Gasteiger partial charge in [-0.05, 0) is 343 Å². The minimum Gasteiger partial charge on any atom is -0.493 e. The van der Waals surface area contributed by atoms with Gasteiger partial charge >= 0.3 is 0 Å². The SMILES string of the molecule is C.C.CC(C)(NC(=O)C1[C@H]2CNC[C@@H]12)C1COc2ccccc21.CC(C)(NC(=O)C1[C@H]2CNC[C@@H]12)c1cnn2ccccc12.Cc1ccc(C(C)(C)NC(=O)C2[C@H]3CNC[C@@H]23)c(C)n1.Cc1ccc2cc(C(C)(C)NC(=O)C3[C@H]4CNC[C@@H]34)cn2c1.Cc1nc(C(C)CC(=O)C2[C@H]3CNC[C@@H]23)c2cccc(C)c2n1.Cn1nc(C(C)(C)NC(=O)C2[C@H]3CNC[C@@H]23)c2c1CCCC2. The molecule has 6 saturated carbocycles. The minimum atomic E-state index is -0.412. The highest BCUT2D eigenvalue weighted by molar-refractivity contribution is 5.89. The number of carbonyl (C=O) groups is 6. The molecule has 26 heteroatoms. The number of nitrogens with one attached hydrogen (secondary N) is 11. The van der Waals surface area contributed by atoms with Crippen molar-refractivity contribution in [2.24, 2.45) is 114 Å². The van der Waals surface area contributed by atoms with E-state index in [1.807, 2.05) is 112 Å². The van der Waals surface area contributed by atoms with Gasteiger partial charge in [-0.25, -0.2) is 14.5 Å². The summed E-state index contributed by atoms with van der Waals surface area (Å²) >= 11 is 0. The number of benzene rings is 2. The molecule has 12 fully saturated rings. The van der Waals surface area contributed by atoms with Crippen molar-refractivity contribution in [3.05, 3.63) is 189 Å². The number of Topliss-reactive ketones (excluding diaryl/α,β-unsaturated/α-hetero) is 1. The van der Waals surface area contributed by atoms with Crippen molar-refractivity contribution >= 4 is 57.3 Å². The maximum absolute atomic E-state index is 12.6. The number of piperidine rings is 6. The van der Waals surface area contributed by atoms with Crippen LogP contribution < -0.4 is 63.2 Å². The summed E-state index contributed by atoms with van der Waals surface area (Å²) in [5.41, 5.74) is 15.2. The van der Waals surface area contributed by atoms with Gasteiger partial charge in [0.05, 0.1) is 57.4 Å². The average molecular weight is 1790 g/mol. The largest absolute Gasteiger partial charge is 0.493 e. The fourth-order valence-corrected chi connectivity index (χ4v) is 24.0.